The number of fused-ring (bicyclic) bond motifs is 2. The van der Waals surface area contributed by atoms with Crippen molar-refractivity contribution in [3.05, 3.63) is 237 Å². The van der Waals surface area contributed by atoms with Crippen LogP contribution in [0.3, 0.4) is 0 Å². The average Bonchev–Trinajstić information content (AvgIpc) is 3.99. The van der Waals surface area contributed by atoms with Crippen LogP contribution in [-0.2, 0) is 0 Å². The molecule has 0 aliphatic heterocycles. The van der Waals surface area contributed by atoms with Gasteiger partial charge in [-0.3, -0.25) is 9.13 Å². The Bertz CT molecular complexity index is 3420. The van der Waals surface area contributed by atoms with Crippen LogP contribution in [0.5, 0.6) is 0 Å². The lowest BCUT2D eigenvalue weighted by molar-refractivity contribution is 1.07. The van der Waals surface area contributed by atoms with Crippen LogP contribution in [0.2, 0.25) is 0 Å². The lowest BCUT2D eigenvalue weighted by Crippen LogP contribution is -2.03. The first-order valence-corrected chi connectivity index (χ1v) is 22.0. The molecule has 7 nitrogen and oxygen atoms in total. The van der Waals surface area contributed by atoms with Gasteiger partial charge in [-0.05, 0) is 70.8 Å². The van der Waals surface area contributed by atoms with Gasteiger partial charge in [0.25, 0.3) is 0 Å². The molecule has 0 saturated carbocycles. The van der Waals surface area contributed by atoms with Crippen molar-refractivity contribution in [3.63, 3.8) is 0 Å². The number of aromatic nitrogens is 7. The number of benzene rings is 9. The molecule has 0 N–H and O–H groups in total. The van der Waals surface area contributed by atoms with Gasteiger partial charge in [-0.15, -0.1) is 0 Å². The quantitative estimate of drug-likeness (QED) is 0.145. The highest BCUT2D eigenvalue weighted by Gasteiger charge is 2.22. The molecule has 0 amide bonds. The predicted octanol–water partition coefficient (Wildman–Crippen LogP) is 14.2. The zero-order valence-electron chi connectivity index (χ0n) is 35.6. The van der Waals surface area contributed by atoms with Crippen LogP contribution < -0.4 is 0 Å². The normalized spacial score (nSPS) is 11.3. The molecule has 0 aliphatic rings. The van der Waals surface area contributed by atoms with E-state index in [0.29, 0.717) is 17.5 Å². The van der Waals surface area contributed by atoms with E-state index in [0.717, 1.165) is 95.2 Å². The zero-order chi connectivity index (χ0) is 43.8. The zero-order valence-corrected chi connectivity index (χ0v) is 35.6. The van der Waals surface area contributed by atoms with Gasteiger partial charge < -0.3 is 0 Å². The first-order valence-electron chi connectivity index (χ1n) is 22.0. The number of rotatable bonds is 9. The minimum atomic E-state index is 0.584. The van der Waals surface area contributed by atoms with Crippen molar-refractivity contribution in [3.8, 4) is 90.6 Å². The second kappa shape index (κ2) is 16.6. The summed E-state index contributed by atoms with van der Waals surface area (Å²) in [6.45, 7) is 0. The molecule has 12 rings (SSSR count). The van der Waals surface area contributed by atoms with Crippen LogP contribution in [0.25, 0.3) is 113 Å². The molecule has 7 heteroatoms. The van der Waals surface area contributed by atoms with Crippen LogP contribution in [0.1, 0.15) is 0 Å². The second-order valence-corrected chi connectivity index (χ2v) is 16.1. The molecule has 0 saturated heterocycles. The van der Waals surface area contributed by atoms with Gasteiger partial charge in [0.05, 0.1) is 22.1 Å². The van der Waals surface area contributed by atoms with Crippen molar-refractivity contribution >= 4 is 22.1 Å². The van der Waals surface area contributed by atoms with Gasteiger partial charge in [0, 0.05) is 39.2 Å². The molecule has 310 valence electrons. The summed E-state index contributed by atoms with van der Waals surface area (Å²) in [5.74, 6) is 3.57. The highest BCUT2D eigenvalue weighted by atomic mass is 15.1. The Morgan fingerprint density at radius 2 is 0.591 bits per heavy atom. The van der Waals surface area contributed by atoms with Crippen LogP contribution in [0.15, 0.2) is 237 Å². The standard InChI is InChI=1S/C59H39N7/c1-5-18-42(19-6-1)55-62-56(43-20-7-2-8-21-43)64-57(63-55)54-48(40-32-36-46(37-33-40)65-52-30-15-13-28-50(52)60-58(65)44-22-9-3-10-23-44)26-17-27-49(54)41-34-38-47(39-35-41)66-53-31-16-14-29-51(53)61-59(66)45-24-11-4-12-25-45/h1-39H. The fraction of sp³-hybridized carbons (Fsp3) is 0. The summed E-state index contributed by atoms with van der Waals surface area (Å²) in [5.41, 5.74) is 14.9. The van der Waals surface area contributed by atoms with E-state index in [2.05, 4.69) is 161 Å². The van der Waals surface area contributed by atoms with Gasteiger partial charge in [-0.25, -0.2) is 24.9 Å². The molecule has 3 aromatic heterocycles. The number of para-hydroxylation sites is 4. The van der Waals surface area contributed by atoms with Crippen molar-refractivity contribution in [1.29, 1.82) is 0 Å². The highest BCUT2D eigenvalue weighted by Crippen LogP contribution is 2.41. The van der Waals surface area contributed by atoms with Gasteiger partial charge in [0.1, 0.15) is 11.6 Å². The fourth-order valence-corrected chi connectivity index (χ4v) is 8.91. The van der Waals surface area contributed by atoms with E-state index in [1.54, 1.807) is 0 Å². The summed E-state index contributed by atoms with van der Waals surface area (Å²) >= 11 is 0. The third-order valence-corrected chi connectivity index (χ3v) is 12.0. The summed E-state index contributed by atoms with van der Waals surface area (Å²) in [7, 11) is 0. The Morgan fingerprint density at radius 1 is 0.242 bits per heavy atom. The lowest BCUT2D eigenvalue weighted by Gasteiger charge is -2.18. The van der Waals surface area contributed by atoms with E-state index in [1.807, 2.05) is 84.9 Å². The van der Waals surface area contributed by atoms with E-state index in [9.17, 15) is 0 Å². The largest absolute Gasteiger partial charge is 0.292 e. The van der Waals surface area contributed by atoms with Crippen LogP contribution in [0, 0.1) is 0 Å². The third-order valence-electron chi connectivity index (χ3n) is 12.0. The van der Waals surface area contributed by atoms with Gasteiger partial charge >= 0.3 is 0 Å². The number of hydrogen-bond donors (Lipinski definition) is 0. The summed E-state index contributed by atoms with van der Waals surface area (Å²) < 4.78 is 4.48. The maximum absolute atomic E-state index is 5.30. The Labute approximate surface area is 381 Å². The molecule has 0 fully saturated rings. The predicted molar refractivity (Wildman–Crippen MR) is 267 cm³/mol. The molecule has 0 spiro atoms. The first kappa shape index (κ1) is 38.6. The molecule has 0 bridgehead atoms. The molecule has 0 atom stereocenters. The topological polar surface area (TPSA) is 74.3 Å². The van der Waals surface area contributed by atoms with Gasteiger partial charge in [-0.1, -0.05) is 188 Å². The number of hydrogen-bond acceptors (Lipinski definition) is 5. The molecule has 12 aromatic rings. The number of nitrogens with zero attached hydrogens (tertiary/aromatic N) is 7. The van der Waals surface area contributed by atoms with Crippen molar-refractivity contribution in [1.82, 2.24) is 34.1 Å². The van der Waals surface area contributed by atoms with Gasteiger partial charge in [0.15, 0.2) is 17.5 Å². The maximum Gasteiger partial charge on any atom is 0.165 e. The van der Waals surface area contributed by atoms with E-state index < -0.39 is 0 Å². The molecule has 0 aliphatic carbocycles. The summed E-state index contributed by atoms with van der Waals surface area (Å²) in [5, 5.41) is 0. The molecule has 0 radical (unpaired) electrons. The Morgan fingerprint density at radius 3 is 1.00 bits per heavy atom. The van der Waals surface area contributed by atoms with Gasteiger partial charge in [-0.2, -0.15) is 0 Å². The summed E-state index contributed by atoms with van der Waals surface area (Å²) in [6.07, 6.45) is 0. The molecule has 66 heavy (non-hydrogen) atoms. The minimum Gasteiger partial charge on any atom is -0.292 e. The van der Waals surface area contributed by atoms with E-state index in [1.165, 1.54) is 0 Å². The SMILES string of the molecule is c1ccc(-c2nc(-c3ccccc3)nc(-c3c(-c4ccc(-n5c(-c6ccccc6)nc6ccccc65)cc4)cccc3-c3ccc(-n4c(-c5ccccc5)nc5ccccc54)cc3)n2)cc1. The Kier molecular flexibility index (Phi) is 9.69. The fourth-order valence-electron chi connectivity index (χ4n) is 8.91. The average molecular weight is 846 g/mol. The van der Waals surface area contributed by atoms with Crippen molar-refractivity contribution < 1.29 is 0 Å². The summed E-state index contributed by atoms with van der Waals surface area (Å²) in [4.78, 5) is 25.9. The van der Waals surface area contributed by atoms with Crippen molar-refractivity contribution in [2.75, 3.05) is 0 Å². The maximum atomic E-state index is 5.30. The monoisotopic (exact) mass is 845 g/mol. The molecular formula is C59H39N7. The van der Waals surface area contributed by atoms with Crippen LogP contribution >= 0.6 is 0 Å². The van der Waals surface area contributed by atoms with Crippen LogP contribution in [-0.4, -0.2) is 34.1 Å². The smallest absolute Gasteiger partial charge is 0.165 e. The molecule has 9 aromatic carbocycles. The molecule has 3 heterocycles. The third kappa shape index (κ3) is 7.01. The second-order valence-electron chi connectivity index (χ2n) is 16.1. The van der Waals surface area contributed by atoms with E-state index in [4.69, 9.17) is 24.9 Å². The Balaban J connectivity index is 1.04. The minimum absolute atomic E-state index is 0.584. The summed E-state index contributed by atoms with van der Waals surface area (Å²) in [6, 6.07) is 81.5. The first-order chi connectivity index (χ1) is 32.7. The number of imidazole rings is 2. The van der Waals surface area contributed by atoms with Gasteiger partial charge in [0.2, 0.25) is 0 Å². The van der Waals surface area contributed by atoms with Crippen LogP contribution in [0.4, 0.5) is 0 Å². The van der Waals surface area contributed by atoms with Crippen molar-refractivity contribution in [2.45, 2.75) is 0 Å². The molecular weight excluding hydrogens is 807 g/mol. The highest BCUT2D eigenvalue weighted by molar-refractivity contribution is 5.94. The lowest BCUT2D eigenvalue weighted by atomic mass is 9.91. The molecule has 0 unspecified atom stereocenters. The Hall–Kier alpha value is -9.07. The van der Waals surface area contributed by atoms with E-state index >= 15 is 0 Å². The van der Waals surface area contributed by atoms with Crippen molar-refractivity contribution in [2.24, 2.45) is 0 Å². The van der Waals surface area contributed by atoms with E-state index in [-0.39, 0.29) is 0 Å².